The quantitative estimate of drug-likeness (QED) is 0.707. The first-order chi connectivity index (χ1) is 7.65. The molecule has 5 heteroatoms. The Morgan fingerprint density at radius 2 is 1.75 bits per heavy atom. The highest BCUT2D eigenvalue weighted by atomic mass is 16.2. The van der Waals surface area contributed by atoms with Gasteiger partial charge >= 0.3 is 0 Å². The number of nitrogens with two attached hydrogens (primary N) is 1. The van der Waals surface area contributed by atoms with E-state index in [0.717, 1.165) is 0 Å². The minimum atomic E-state index is -0.265. The molecule has 0 aromatic heterocycles. The normalized spacial score (nSPS) is 9.62. The summed E-state index contributed by atoms with van der Waals surface area (Å²) in [6.45, 7) is 1.71. The summed E-state index contributed by atoms with van der Waals surface area (Å²) in [4.78, 5) is 22.2. The zero-order valence-electron chi connectivity index (χ0n) is 9.12. The predicted molar refractivity (Wildman–Crippen MR) is 63.0 cm³/mol. The SMILES string of the molecule is CCC(=O)Nc1cccc(NC(=O)CN)c1. The summed E-state index contributed by atoms with van der Waals surface area (Å²) in [6.07, 6.45) is 0.416. The molecular formula is C11H15N3O2. The topological polar surface area (TPSA) is 84.2 Å². The third kappa shape index (κ3) is 3.70. The number of nitrogens with one attached hydrogen (secondary N) is 2. The summed E-state index contributed by atoms with van der Waals surface area (Å²) in [6, 6.07) is 6.92. The van der Waals surface area contributed by atoms with Crippen LogP contribution in [0.3, 0.4) is 0 Å². The van der Waals surface area contributed by atoms with Gasteiger partial charge in [0, 0.05) is 17.8 Å². The maximum absolute atomic E-state index is 11.2. The predicted octanol–water partition coefficient (Wildman–Crippen LogP) is 0.932. The van der Waals surface area contributed by atoms with Gasteiger partial charge in [-0.3, -0.25) is 9.59 Å². The molecule has 0 atom stereocenters. The Kier molecular flexibility index (Phi) is 4.47. The molecule has 0 saturated heterocycles. The van der Waals surface area contributed by atoms with Gasteiger partial charge in [0.2, 0.25) is 11.8 Å². The lowest BCUT2D eigenvalue weighted by Crippen LogP contribution is -2.21. The molecule has 0 radical (unpaired) electrons. The number of anilines is 2. The van der Waals surface area contributed by atoms with Crippen molar-refractivity contribution in [3.63, 3.8) is 0 Å². The van der Waals surface area contributed by atoms with Gasteiger partial charge in [-0.25, -0.2) is 0 Å². The van der Waals surface area contributed by atoms with Gasteiger partial charge in [0.05, 0.1) is 6.54 Å². The van der Waals surface area contributed by atoms with Crippen molar-refractivity contribution in [3.8, 4) is 0 Å². The standard InChI is InChI=1S/C11H15N3O2/c1-2-10(15)13-8-4-3-5-9(6-8)14-11(16)7-12/h3-6H,2,7,12H2,1H3,(H,13,15)(H,14,16). The van der Waals surface area contributed by atoms with Gasteiger partial charge in [-0.2, -0.15) is 0 Å². The molecule has 1 aromatic carbocycles. The largest absolute Gasteiger partial charge is 0.326 e. The number of carbonyl (C=O) groups excluding carboxylic acids is 2. The molecule has 0 aliphatic heterocycles. The highest BCUT2D eigenvalue weighted by molar-refractivity contribution is 5.94. The van der Waals surface area contributed by atoms with Crippen LogP contribution in [0.5, 0.6) is 0 Å². The molecule has 0 bridgehead atoms. The summed E-state index contributed by atoms with van der Waals surface area (Å²) in [5.74, 6) is -0.332. The summed E-state index contributed by atoms with van der Waals surface area (Å²) < 4.78 is 0. The van der Waals surface area contributed by atoms with Gasteiger partial charge in [-0.15, -0.1) is 0 Å². The third-order valence-electron chi connectivity index (χ3n) is 1.94. The van der Waals surface area contributed by atoms with Gasteiger partial charge in [0.15, 0.2) is 0 Å². The second-order valence-electron chi connectivity index (χ2n) is 3.23. The molecule has 0 unspecified atom stereocenters. The number of hydrogen-bond donors (Lipinski definition) is 3. The van der Waals surface area contributed by atoms with Gasteiger partial charge in [0.1, 0.15) is 0 Å². The molecule has 0 spiro atoms. The lowest BCUT2D eigenvalue weighted by molar-refractivity contribution is -0.116. The molecule has 1 aromatic rings. The maximum atomic E-state index is 11.2. The Hall–Kier alpha value is -1.88. The Bertz CT molecular complexity index is 357. The van der Waals surface area contributed by atoms with Crippen LogP contribution in [0.15, 0.2) is 24.3 Å². The highest BCUT2D eigenvalue weighted by Gasteiger charge is 2.02. The maximum Gasteiger partial charge on any atom is 0.238 e. The van der Waals surface area contributed by atoms with Gasteiger partial charge in [0.25, 0.3) is 0 Å². The van der Waals surface area contributed by atoms with E-state index >= 15 is 0 Å². The van der Waals surface area contributed by atoms with Gasteiger partial charge < -0.3 is 16.4 Å². The molecule has 1 rings (SSSR count). The molecule has 4 N–H and O–H groups in total. The monoisotopic (exact) mass is 221 g/mol. The second-order valence-corrected chi connectivity index (χ2v) is 3.23. The lowest BCUT2D eigenvalue weighted by atomic mass is 10.2. The third-order valence-corrected chi connectivity index (χ3v) is 1.94. The molecule has 0 fully saturated rings. The van der Waals surface area contributed by atoms with Crippen LogP contribution in [0.1, 0.15) is 13.3 Å². The lowest BCUT2D eigenvalue weighted by Gasteiger charge is -2.07. The van der Waals surface area contributed by atoms with E-state index in [0.29, 0.717) is 17.8 Å². The average Bonchev–Trinajstić information content (AvgIpc) is 2.29. The van der Waals surface area contributed by atoms with E-state index in [1.165, 1.54) is 0 Å². The Morgan fingerprint density at radius 3 is 2.25 bits per heavy atom. The molecule has 0 aliphatic carbocycles. The first-order valence-corrected chi connectivity index (χ1v) is 5.05. The molecule has 5 nitrogen and oxygen atoms in total. The molecular weight excluding hydrogens is 206 g/mol. The van der Waals surface area contributed by atoms with Crippen molar-refractivity contribution in [2.75, 3.05) is 17.2 Å². The van der Waals surface area contributed by atoms with Crippen molar-refractivity contribution in [2.45, 2.75) is 13.3 Å². The minimum Gasteiger partial charge on any atom is -0.326 e. The van der Waals surface area contributed by atoms with Gasteiger partial charge in [-0.05, 0) is 18.2 Å². The first kappa shape index (κ1) is 12.2. The van der Waals surface area contributed by atoms with Gasteiger partial charge in [-0.1, -0.05) is 13.0 Å². The highest BCUT2D eigenvalue weighted by Crippen LogP contribution is 2.14. The molecule has 0 heterocycles. The molecule has 0 saturated carbocycles. The van der Waals surface area contributed by atoms with Crippen LogP contribution in [0.2, 0.25) is 0 Å². The number of carbonyl (C=O) groups is 2. The van der Waals surface area contributed by atoms with E-state index in [9.17, 15) is 9.59 Å². The average molecular weight is 221 g/mol. The molecule has 0 aliphatic rings. The number of hydrogen-bond acceptors (Lipinski definition) is 3. The van der Waals surface area contributed by atoms with Crippen molar-refractivity contribution < 1.29 is 9.59 Å². The second kappa shape index (κ2) is 5.87. The zero-order chi connectivity index (χ0) is 12.0. The van der Waals surface area contributed by atoms with E-state index in [1.807, 2.05) is 0 Å². The van der Waals surface area contributed by atoms with Crippen LogP contribution in [0.25, 0.3) is 0 Å². The smallest absolute Gasteiger partial charge is 0.238 e. The summed E-state index contributed by atoms with van der Waals surface area (Å²) >= 11 is 0. The fourth-order valence-electron chi connectivity index (χ4n) is 1.14. The van der Waals surface area contributed by atoms with E-state index in [-0.39, 0.29) is 18.4 Å². The van der Waals surface area contributed by atoms with Crippen molar-refractivity contribution >= 4 is 23.2 Å². The van der Waals surface area contributed by atoms with E-state index < -0.39 is 0 Å². The van der Waals surface area contributed by atoms with Crippen molar-refractivity contribution in [1.29, 1.82) is 0 Å². The molecule has 16 heavy (non-hydrogen) atoms. The van der Waals surface area contributed by atoms with Crippen molar-refractivity contribution in [2.24, 2.45) is 5.73 Å². The minimum absolute atomic E-state index is 0.0639. The van der Waals surface area contributed by atoms with Crippen LogP contribution >= 0.6 is 0 Å². The van der Waals surface area contributed by atoms with Crippen molar-refractivity contribution in [1.82, 2.24) is 0 Å². The van der Waals surface area contributed by atoms with Crippen LogP contribution in [-0.4, -0.2) is 18.4 Å². The Morgan fingerprint density at radius 1 is 1.19 bits per heavy atom. The number of amides is 2. The summed E-state index contributed by atoms with van der Waals surface area (Å²) in [7, 11) is 0. The van der Waals surface area contributed by atoms with E-state index in [2.05, 4.69) is 10.6 Å². The van der Waals surface area contributed by atoms with Crippen molar-refractivity contribution in [3.05, 3.63) is 24.3 Å². The fourth-order valence-corrected chi connectivity index (χ4v) is 1.14. The fraction of sp³-hybridized carbons (Fsp3) is 0.273. The molecule has 2 amide bonds. The summed E-state index contributed by atoms with van der Waals surface area (Å²) in [5.41, 5.74) is 6.45. The Labute approximate surface area is 94.0 Å². The van der Waals surface area contributed by atoms with E-state index in [4.69, 9.17) is 5.73 Å². The van der Waals surface area contributed by atoms with E-state index in [1.54, 1.807) is 31.2 Å². The van der Waals surface area contributed by atoms with Crippen LogP contribution < -0.4 is 16.4 Å². The number of rotatable bonds is 4. The van der Waals surface area contributed by atoms with Crippen LogP contribution in [0, 0.1) is 0 Å². The summed E-state index contributed by atoms with van der Waals surface area (Å²) in [5, 5.41) is 5.31. The Balaban J connectivity index is 2.71. The first-order valence-electron chi connectivity index (χ1n) is 5.05. The zero-order valence-corrected chi connectivity index (χ0v) is 9.12. The number of benzene rings is 1. The molecule has 86 valence electrons. The van der Waals surface area contributed by atoms with Crippen LogP contribution in [-0.2, 0) is 9.59 Å². The van der Waals surface area contributed by atoms with Crippen LogP contribution in [0.4, 0.5) is 11.4 Å².